The number of esters is 2. The molecule has 0 aromatic carbocycles. The Labute approximate surface area is 410 Å². The molecule has 0 radical (unpaired) electrons. The van der Waals surface area contributed by atoms with Crippen molar-refractivity contribution in [2.45, 2.75) is 213 Å². The number of carbonyl (C=O) groups is 3. The summed E-state index contributed by atoms with van der Waals surface area (Å²) in [6.07, 6.45) is -11.8. The number of methoxy groups -OCH3 is 2. The van der Waals surface area contributed by atoms with Crippen molar-refractivity contribution in [2.24, 2.45) is 46.6 Å². The molecule has 400 valence electrons. The zero-order chi connectivity index (χ0) is 51.8. The predicted molar refractivity (Wildman–Crippen MR) is 253 cm³/mol. The predicted octanol–water partition coefficient (Wildman–Crippen LogP) is 4.27. The van der Waals surface area contributed by atoms with E-state index in [1.54, 1.807) is 27.7 Å². The molecule has 22 atom stereocenters. The Bertz CT molecular complexity index is 1670. The summed E-state index contributed by atoms with van der Waals surface area (Å²) < 4.78 is 63.1. The van der Waals surface area contributed by atoms with Crippen LogP contribution < -0.4 is 0 Å². The van der Waals surface area contributed by atoms with Gasteiger partial charge in [0.05, 0.1) is 54.7 Å². The molecule has 4 heterocycles. The molecule has 0 bridgehead atoms. The number of Topliss-reactive ketones (excluding diaryl/α,β-unsaturated/α-hetero) is 1. The van der Waals surface area contributed by atoms with E-state index in [4.69, 9.17) is 52.2 Å². The zero-order valence-corrected chi connectivity index (χ0v) is 44.4. The van der Waals surface area contributed by atoms with Crippen LogP contribution in [-0.2, 0) is 66.6 Å². The highest BCUT2D eigenvalue weighted by atomic mass is 16.7. The van der Waals surface area contributed by atoms with Gasteiger partial charge in [0.15, 0.2) is 24.7 Å². The van der Waals surface area contributed by atoms with E-state index in [0.717, 1.165) is 0 Å². The maximum absolute atomic E-state index is 15.1. The molecule has 19 heteroatoms. The summed E-state index contributed by atoms with van der Waals surface area (Å²) in [4.78, 5) is 50.9. The van der Waals surface area contributed by atoms with Crippen LogP contribution in [0.3, 0.4) is 0 Å². The molecule has 69 heavy (non-hydrogen) atoms. The lowest BCUT2D eigenvalue weighted by Gasteiger charge is -2.44. The van der Waals surface area contributed by atoms with E-state index < -0.39 is 139 Å². The van der Waals surface area contributed by atoms with Crippen molar-refractivity contribution in [1.29, 1.82) is 0 Å². The minimum Gasteiger partial charge on any atom is -0.461 e. The monoisotopic (exact) mass is 989 g/mol. The summed E-state index contributed by atoms with van der Waals surface area (Å²) in [5, 5.41) is 38.8. The maximum atomic E-state index is 15.1. The van der Waals surface area contributed by atoms with Crippen LogP contribution >= 0.6 is 0 Å². The highest BCUT2D eigenvalue weighted by molar-refractivity contribution is 5.90. The van der Waals surface area contributed by atoms with Gasteiger partial charge in [0.2, 0.25) is 0 Å². The van der Waals surface area contributed by atoms with E-state index in [1.807, 2.05) is 55.5 Å². The lowest BCUT2D eigenvalue weighted by molar-refractivity contribution is -0.305. The molecule has 0 aromatic heterocycles. The Balaban J connectivity index is 1.88. The number of oxime groups is 1. The first-order valence-corrected chi connectivity index (χ1v) is 25.0. The third kappa shape index (κ3) is 15.1. The quantitative estimate of drug-likeness (QED) is 0.163. The molecule has 19 nitrogen and oxygen atoms in total. The van der Waals surface area contributed by atoms with Crippen molar-refractivity contribution < 1.29 is 81.9 Å². The smallest absolute Gasteiger partial charge is 0.311 e. The Morgan fingerprint density at radius 1 is 0.826 bits per heavy atom. The summed E-state index contributed by atoms with van der Waals surface area (Å²) >= 11 is 0. The summed E-state index contributed by atoms with van der Waals surface area (Å²) in [5.74, 6) is -6.83. The molecule has 4 fully saturated rings. The fourth-order valence-corrected chi connectivity index (χ4v) is 10.7. The van der Waals surface area contributed by atoms with Crippen molar-refractivity contribution >= 4 is 23.4 Å². The lowest BCUT2D eigenvalue weighted by atomic mass is 9.74. The van der Waals surface area contributed by atoms with Gasteiger partial charge in [0, 0.05) is 63.8 Å². The first-order valence-electron chi connectivity index (χ1n) is 25.0. The average Bonchev–Trinajstić information content (AvgIpc) is 3.39. The van der Waals surface area contributed by atoms with E-state index in [1.165, 1.54) is 28.3 Å². The molecule has 4 rings (SSSR count). The standard InChI is InChI=1S/C50H88N2O17/c1-24(2)18-36(53)66-42-31(9)41(26(4)23-62-49-45(60-16)44(59-15)38(54)34(12)65-49)68-47(57)33(11)43(67-37-19-27(5)52(14)22-29(7)63-37)30(8)40(25(3)21-50(13,58)46(56)32(42)10)69-48-39(55)35(51-61-17)20-28(6)64-48/h24-34,37-45,48-49,54-55,58H,18-23H2,1-17H3/b51-35+/t25-,26?,27-,28+,29-,30+,31-,32+,33+,34+,37-,38+,39+,40-,41+,42+,43-,44+,45+,48-,49+,50-/m0/s1. The van der Waals surface area contributed by atoms with E-state index in [0.29, 0.717) is 18.7 Å². The van der Waals surface area contributed by atoms with E-state index in [-0.39, 0.29) is 43.9 Å². The third-order valence-electron chi connectivity index (χ3n) is 14.6. The van der Waals surface area contributed by atoms with Gasteiger partial charge in [-0.1, -0.05) is 53.6 Å². The SMILES string of the molecule is CO/N=C1\C[C@@H](C)O[C@@H](O[C@@H]2[C@@H](C)[C@H](O[C@H]3C[C@H](C)N(C)C[C@H](C)O3)[C@@H](C)C(=O)O[C@H](C(C)CO[C@@H]3O[C@H](C)[C@@H](O)[C@@H](OC)[C@H]3OC)[C@H](C)[C@@H](OC(=O)CC(C)C)[C@@H](C)C(=O)[C@@](C)(O)C[C@@H]2C)[C@@H]1O. The molecule has 3 N–H and O–H groups in total. The highest BCUT2D eigenvalue weighted by Gasteiger charge is 2.51. The molecule has 4 aliphatic rings. The average molecular weight is 989 g/mol. The Morgan fingerprint density at radius 3 is 2.09 bits per heavy atom. The second kappa shape index (κ2) is 26.0. The van der Waals surface area contributed by atoms with Crippen LogP contribution in [0.2, 0.25) is 0 Å². The molecule has 0 spiro atoms. The fraction of sp³-hybridized carbons (Fsp3) is 0.920. The first kappa shape index (κ1) is 59.2. The summed E-state index contributed by atoms with van der Waals surface area (Å²) in [6.45, 7) is 23.9. The fourth-order valence-electron chi connectivity index (χ4n) is 10.7. The van der Waals surface area contributed by atoms with Gasteiger partial charge in [0.25, 0.3) is 0 Å². The van der Waals surface area contributed by atoms with Crippen LogP contribution in [0.15, 0.2) is 5.16 Å². The number of nitrogens with zero attached hydrogens (tertiary/aromatic N) is 2. The van der Waals surface area contributed by atoms with Gasteiger partial charge in [-0.3, -0.25) is 14.4 Å². The molecule has 0 amide bonds. The van der Waals surface area contributed by atoms with Gasteiger partial charge < -0.3 is 72.4 Å². The van der Waals surface area contributed by atoms with Gasteiger partial charge >= 0.3 is 11.9 Å². The van der Waals surface area contributed by atoms with E-state index >= 15 is 4.79 Å². The number of aliphatic hydroxyl groups excluding tert-OH is 2. The van der Waals surface area contributed by atoms with Crippen LogP contribution in [0, 0.1) is 41.4 Å². The van der Waals surface area contributed by atoms with Crippen LogP contribution in [-0.4, -0.2) is 183 Å². The second-order valence-electron chi connectivity index (χ2n) is 21.3. The van der Waals surface area contributed by atoms with Gasteiger partial charge in [-0.2, -0.15) is 0 Å². The summed E-state index contributed by atoms with van der Waals surface area (Å²) in [7, 11) is 6.33. The number of likely N-dealkylation sites (N-methyl/N-ethyl adjacent to an activating group) is 1. The van der Waals surface area contributed by atoms with Gasteiger partial charge in [0.1, 0.15) is 49.3 Å². The zero-order valence-electron chi connectivity index (χ0n) is 44.4. The molecular formula is C50H88N2O17. The third-order valence-corrected chi connectivity index (χ3v) is 14.6. The van der Waals surface area contributed by atoms with Gasteiger partial charge in [-0.15, -0.1) is 0 Å². The van der Waals surface area contributed by atoms with E-state index in [9.17, 15) is 24.9 Å². The van der Waals surface area contributed by atoms with Crippen LogP contribution in [0.25, 0.3) is 0 Å². The Kier molecular flexibility index (Phi) is 22.3. The Morgan fingerprint density at radius 2 is 1.48 bits per heavy atom. The first-order chi connectivity index (χ1) is 32.3. The molecule has 1 unspecified atom stereocenters. The highest BCUT2D eigenvalue weighted by Crippen LogP contribution is 2.39. The molecular weight excluding hydrogens is 901 g/mol. The molecule has 0 aromatic rings. The number of ketones is 1. The second-order valence-corrected chi connectivity index (χ2v) is 21.3. The molecule has 4 saturated heterocycles. The van der Waals surface area contributed by atoms with Crippen LogP contribution in [0.5, 0.6) is 0 Å². The van der Waals surface area contributed by atoms with E-state index in [2.05, 4.69) is 17.0 Å². The lowest BCUT2D eigenvalue weighted by Crippen LogP contribution is -2.59. The van der Waals surface area contributed by atoms with Crippen molar-refractivity contribution in [2.75, 3.05) is 41.5 Å². The Hall–Kier alpha value is -2.40. The number of hydrogen-bond acceptors (Lipinski definition) is 19. The van der Waals surface area contributed by atoms with Crippen molar-refractivity contribution in [3.8, 4) is 0 Å². The van der Waals surface area contributed by atoms with Gasteiger partial charge in [-0.25, -0.2) is 0 Å². The van der Waals surface area contributed by atoms with Crippen molar-refractivity contribution in [3.05, 3.63) is 0 Å². The maximum Gasteiger partial charge on any atom is 0.311 e. The number of hydrogen-bond donors (Lipinski definition) is 3. The molecule has 0 aliphatic carbocycles. The minimum atomic E-state index is -2.01. The minimum absolute atomic E-state index is 0.0496. The normalized spacial score (nSPS) is 43.7. The van der Waals surface area contributed by atoms with Crippen molar-refractivity contribution in [1.82, 2.24) is 4.90 Å². The number of ether oxygens (including phenoxy) is 10. The molecule has 4 aliphatic heterocycles. The van der Waals surface area contributed by atoms with Crippen LogP contribution in [0.1, 0.15) is 116 Å². The number of carbonyl (C=O) groups excluding carboxylic acids is 3. The van der Waals surface area contributed by atoms with Gasteiger partial charge in [-0.05, 0) is 66.8 Å². The summed E-state index contributed by atoms with van der Waals surface area (Å²) in [6, 6.07) is 0.0496. The number of rotatable bonds is 14. The number of cyclic esters (lactones) is 1. The molecule has 0 saturated carbocycles. The topological polar surface area (TPSA) is 229 Å². The van der Waals surface area contributed by atoms with Crippen LogP contribution in [0.4, 0.5) is 0 Å². The largest absolute Gasteiger partial charge is 0.461 e. The number of aliphatic hydroxyl groups is 3. The summed E-state index contributed by atoms with van der Waals surface area (Å²) in [5.41, 5.74) is -1.69. The van der Waals surface area contributed by atoms with Crippen molar-refractivity contribution in [3.63, 3.8) is 0 Å².